The summed E-state index contributed by atoms with van der Waals surface area (Å²) >= 11 is 5.67. The smallest absolute Gasteiger partial charge is 0.324 e. The second-order valence-electron chi connectivity index (χ2n) is 4.98. The van der Waals surface area contributed by atoms with E-state index in [2.05, 4.69) is 4.98 Å². The van der Waals surface area contributed by atoms with Crippen molar-refractivity contribution in [2.45, 2.75) is 31.9 Å². The molecule has 1 aromatic rings. The molecule has 0 aliphatic carbocycles. The Balaban J connectivity index is 1.99. The fraction of sp³-hybridized carbons (Fsp3) is 0.538. The number of sulfonamides is 1. The maximum absolute atomic E-state index is 12.1. The second kappa shape index (κ2) is 6.72. The van der Waals surface area contributed by atoms with E-state index >= 15 is 0 Å². The van der Waals surface area contributed by atoms with Gasteiger partial charge in [-0.2, -0.15) is 4.31 Å². The summed E-state index contributed by atoms with van der Waals surface area (Å²) in [5.74, 6) is -0.518. The summed E-state index contributed by atoms with van der Waals surface area (Å²) in [6.45, 7) is 0.415. The number of esters is 1. The van der Waals surface area contributed by atoms with Crippen LogP contribution in [0.5, 0.6) is 0 Å². The van der Waals surface area contributed by atoms with Gasteiger partial charge >= 0.3 is 5.97 Å². The van der Waals surface area contributed by atoms with Gasteiger partial charge in [0, 0.05) is 18.3 Å². The quantitative estimate of drug-likeness (QED) is 0.618. The van der Waals surface area contributed by atoms with Crippen molar-refractivity contribution >= 4 is 27.6 Å². The largest absolute Gasteiger partial charge is 0.460 e. The lowest BCUT2D eigenvalue weighted by molar-refractivity contribution is -0.150. The van der Waals surface area contributed by atoms with Crippen LogP contribution in [-0.2, 0) is 26.2 Å². The van der Waals surface area contributed by atoms with Gasteiger partial charge in [-0.05, 0) is 25.3 Å². The Morgan fingerprint density at radius 1 is 1.48 bits per heavy atom. The van der Waals surface area contributed by atoms with Gasteiger partial charge < -0.3 is 4.74 Å². The molecule has 0 N–H and O–H groups in total. The standard InChI is InChI=1S/C13H17ClN2O4S/c1-21(18,19)16-7-3-2-4-11(16)13(17)20-9-10-5-6-12(14)15-8-10/h5-6,8,11H,2-4,7,9H2,1H3. The first-order valence-electron chi connectivity index (χ1n) is 6.62. The zero-order valence-corrected chi connectivity index (χ0v) is 13.2. The molecule has 1 saturated heterocycles. The molecule has 1 aliphatic heterocycles. The number of piperidine rings is 1. The highest BCUT2D eigenvalue weighted by atomic mass is 35.5. The number of hydrogen-bond acceptors (Lipinski definition) is 5. The first-order chi connectivity index (χ1) is 9.88. The minimum Gasteiger partial charge on any atom is -0.460 e. The van der Waals surface area contributed by atoms with Crippen LogP contribution in [0.15, 0.2) is 18.3 Å². The number of rotatable bonds is 4. The molecule has 2 heterocycles. The van der Waals surface area contributed by atoms with Crippen molar-refractivity contribution in [3.63, 3.8) is 0 Å². The molecule has 0 aromatic carbocycles. The van der Waals surface area contributed by atoms with Gasteiger partial charge in [0.1, 0.15) is 17.8 Å². The zero-order chi connectivity index (χ0) is 15.5. The molecule has 21 heavy (non-hydrogen) atoms. The highest BCUT2D eigenvalue weighted by Gasteiger charge is 2.35. The van der Waals surface area contributed by atoms with E-state index in [1.54, 1.807) is 12.1 Å². The van der Waals surface area contributed by atoms with Crippen molar-refractivity contribution in [3.05, 3.63) is 29.0 Å². The molecule has 6 nitrogen and oxygen atoms in total. The van der Waals surface area contributed by atoms with Crippen LogP contribution >= 0.6 is 11.6 Å². The van der Waals surface area contributed by atoms with Crippen molar-refractivity contribution in [2.24, 2.45) is 0 Å². The van der Waals surface area contributed by atoms with Crippen molar-refractivity contribution < 1.29 is 17.9 Å². The number of carbonyl (C=O) groups excluding carboxylic acids is 1. The Labute approximate surface area is 129 Å². The first-order valence-corrected chi connectivity index (χ1v) is 8.84. The summed E-state index contributed by atoms with van der Waals surface area (Å²) in [5, 5.41) is 0.362. The molecule has 1 unspecified atom stereocenters. The summed E-state index contributed by atoms with van der Waals surface area (Å²) in [5.41, 5.74) is 0.703. The molecule has 0 bridgehead atoms. The molecule has 8 heteroatoms. The van der Waals surface area contributed by atoms with E-state index in [0.29, 0.717) is 23.7 Å². The van der Waals surface area contributed by atoms with Gasteiger partial charge in [-0.15, -0.1) is 0 Å². The second-order valence-corrected chi connectivity index (χ2v) is 7.30. The SMILES string of the molecule is CS(=O)(=O)N1CCCCC1C(=O)OCc1ccc(Cl)nc1. The van der Waals surface area contributed by atoms with E-state index in [1.165, 1.54) is 10.5 Å². The van der Waals surface area contributed by atoms with E-state index in [1.807, 2.05) is 0 Å². The number of nitrogens with zero attached hydrogens (tertiary/aromatic N) is 2. The fourth-order valence-corrected chi connectivity index (χ4v) is 3.51. The molecule has 0 spiro atoms. The molecule has 1 fully saturated rings. The van der Waals surface area contributed by atoms with Crippen LogP contribution < -0.4 is 0 Å². The van der Waals surface area contributed by atoms with Crippen LogP contribution in [0.2, 0.25) is 5.15 Å². The van der Waals surface area contributed by atoms with Crippen LogP contribution in [0.25, 0.3) is 0 Å². The van der Waals surface area contributed by atoms with Gasteiger partial charge in [0.15, 0.2) is 0 Å². The highest BCUT2D eigenvalue weighted by molar-refractivity contribution is 7.88. The van der Waals surface area contributed by atoms with Crippen LogP contribution in [0, 0.1) is 0 Å². The van der Waals surface area contributed by atoms with E-state index in [9.17, 15) is 13.2 Å². The number of halogens is 1. The summed E-state index contributed by atoms with van der Waals surface area (Å²) in [4.78, 5) is 16.0. The number of aromatic nitrogens is 1. The van der Waals surface area contributed by atoms with Crippen molar-refractivity contribution in [2.75, 3.05) is 12.8 Å². The molecule has 1 aromatic heterocycles. The van der Waals surface area contributed by atoms with Gasteiger partial charge in [-0.3, -0.25) is 4.79 Å². The lowest BCUT2D eigenvalue weighted by Gasteiger charge is -2.31. The lowest BCUT2D eigenvalue weighted by atomic mass is 10.1. The van der Waals surface area contributed by atoms with E-state index < -0.39 is 22.0 Å². The Kier molecular flexibility index (Phi) is 5.18. The topological polar surface area (TPSA) is 76.6 Å². The minimum atomic E-state index is -3.41. The number of pyridine rings is 1. The fourth-order valence-electron chi connectivity index (χ4n) is 2.28. The zero-order valence-electron chi connectivity index (χ0n) is 11.7. The van der Waals surface area contributed by atoms with Gasteiger partial charge in [-0.1, -0.05) is 17.7 Å². The van der Waals surface area contributed by atoms with Gasteiger partial charge in [0.25, 0.3) is 0 Å². The summed E-state index contributed by atoms with van der Waals surface area (Å²) < 4.78 is 29.8. The first kappa shape index (κ1) is 16.2. The number of carbonyl (C=O) groups is 1. The molecule has 0 radical (unpaired) electrons. The van der Waals surface area contributed by atoms with Gasteiger partial charge in [0.05, 0.1) is 6.26 Å². The maximum atomic E-state index is 12.1. The van der Waals surface area contributed by atoms with Crippen LogP contribution in [0.4, 0.5) is 0 Å². The van der Waals surface area contributed by atoms with E-state index in [0.717, 1.165) is 19.1 Å². The average molecular weight is 333 g/mol. The molecule has 0 saturated carbocycles. The van der Waals surface area contributed by atoms with Crippen LogP contribution in [0.1, 0.15) is 24.8 Å². The number of hydrogen-bond donors (Lipinski definition) is 0. The number of ether oxygens (including phenoxy) is 1. The molecule has 0 amide bonds. The Bertz CT molecular complexity index is 603. The van der Waals surface area contributed by atoms with Crippen LogP contribution in [-0.4, -0.2) is 42.5 Å². The van der Waals surface area contributed by atoms with E-state index in [-0.39, 0.29) is 6.61 Å². The van der Waals surface area contributed by atoms with Gasteiger partial charge in [-0.25, -0.2) is 13.4 Å². The van der Waals surface area contributed by atoms with Gasteiger partial charge in [0.2, 0.25) is 10.0 Å². The predicted octanol–water partition coefficient (Wildman–Crippen LogP) is 1.59. The van der Waals surface area contributed by atoms with Crippen molar-refractivity contribution in [1.82, 2.24) is 9.29 Å². The Hall–Kier alpha value is -1.18. The Morgan fingerprint density at radius 3 is 2.86 bits per heavy atom. The Morgan fingerprint density at radius 2 is 2.24 bits per heavy atom. The van der Waals surface area contributed by atoms with Crippen molar-refractivity contribution in [1.29, 1.82) is 0 Å². The van der Waals surface area contributed by atoms with Crippen LogP contribution in [0.3, 0.4) is 0 Å². The molecule has 1 atom stereocenters. The predicted molar refractivity (Wildman–Crippen MR) is 78.2 cm³/mol. The monoisotopic (exact) mass is 332 g/mol. The van der Waals surface area contributed by atoms with Crippen molar-refractivity contribution in [3.8, 4) is 0 Å². The summed E-state index contributed by atoms with van der Waals surface area (Å²) in [7, 11) is -3.41. The average Bonchev–Trinajstić information content (AvgIpc) is 2.45. The molecular weight excluding hydrogens is 316 g/mol. The third-order valence-corrected chi connectivity index (χ3v) is 4.83. The highest BCUT2D eigenvalue weighted by Crippen LogP contribution is 2.21. The third kappa shape index (κ3) is 4.39. The summed E-state index contributed by atoms with van der Waals surface area (Å²) in [6.07, 6.45) is 4.70. The minimum absolute atomic E-state index is 0.0527. The third-order valence-electron chi connectivity index (χ3n) is 3.32. The molecular formula is C13H17ClN2O4S. The molecule has 1 aliphatic rings. The van der Waals surface area contributed by atoms with E-state index in [4.69, 9.17) is 16.3 Å². The normalized spacial score (nSPS) is 20.2. The molecule has 2 rings (SSSR count). The summed E-state index contributed by atoms with van der Waals surface area (Å²) in [6, 6.07) is 2.58. The lowest BCUT2D eigenvalue weighted by Crippen LogP contribution is -2.48. The molecule has 116 valence electrons. The maximum Gasteiger partial charge on any atom is 0.324 e.